The van der Waals surface area contributed by atoms with Gasteiger partial charge in [0.05, 0.1) is 0 Å². The highest BCUT2D eigenvalue weighted by atomic mass is 14.6. The van der Waals surface area contributed by atoms with E-state index in [0.29, 0.717) is 0 Å². The molecule has 0 N–H and O–H groups in total. The zero-order valence-corrected chi connectivity index (χ0v) is 4.52. The van der Waals surface area contributed by atoms with Crippen LogP contribution in [0.25, 0.3) is 0 Å². The maximum atomic E-state index is 3.71. The summed E-state index contributed by atoms with van der Waals surface area (Å²) >= 11 is 0. The van der Waals surface area contributed by atoms with E-state index in [1.807, 2.05) is 6.92 Å². The summed E-state index contributed by atoms with van der Waals surface area (Å²) in [6.07, 6.45) is 3.14. The summed E-state index contributed by atoms with van der Waals surface area (Å²) in [5.41, 5.74) is 0.944. The second kappa shape index (κ2) is 3.34. The van der Waals surface area contributed by atoms with Crippen molar-refractivity contribution in [3.05, 3.63) is 24.9 Å². The zero-order chi connectivity index (χ0) is 5.70. The predicted octanol–water partition coefficient (Wildman–Crippen LogP) is 1.78. The lowest BCUT2D eigenvalue weighted by molar-refractivity contribution is 1.57. The van der Waals surface area contributed by atoms with Crippen molar-refractivity contribution in [1.82, 2.24) is 0 Å². The maximum Gasteiger partial charge on any atom is 0.0290 e. The second-order valence-electron chi connectivity index (χ2n) is 1.31. The van der Waals surface area contributed by atoms with Crippen molar-refractivity contribution in [2.45, 2.75) is 6.92 Å². The highest BCUT2D eigenvalue weighted by Gasteiger charge is 1.66. The Balaban J connectivity index is 3.46. The van der Waals surface area contributed by atoms with Crippen molar-refractivity contribution in [3.8, 4) is 0 Å². The fourth-order valence-corrected chi connectivity index (χ4v) is 0.180. The van der Waals surface area contributed by atoms with E-state index < -0.39 is 0 Å². The summed E-state index contributed by atoms with van der Waals surface area (Å²) in [7, 11) is 0. The topological polar surface area (TPSA) is 12.4 Å². The molecule has 0 unspecified atom stereocenters. The minimum absolute atomic E-state index is 0.944. The van der Waals surface area contributed by atoms with E-state index in [9.17, 15) is 0 Å². The molecule has 0 aromatic rings. The van der Waals surface area contributed by atoms with Crippen molar-refractivity contribution in [3.63, 3.8) is 0 Å². The first kappa shape index (κ1) is 6.15. The lowest BCUT2D eigenvalue weighted by Gasteiger charge is -1.76. The summed E-state index contributed by atoms with van der Waals surface area (Å²) in [6, 6.07) is 0. The van der Waals surface area contributed by atoms with Crippen LogP contribution in [0.5, 0.6) is 0 Å². The number of aliphatic imine (C=N–C) groups is 1. The summed E-state index contributed by atoms with van der Waals surface area (Å²) < 4.78 is 0. The first-order valence-corrected chi connectivity index (χ1v) is 2.07. The Hall–Kier alpha value is -0.850. The lowest BCUT2D eigenvalue weighted by atomic mass is 10.4. The van der Waals surface area contributed by atoms with Gasteiger partial charge in [-0.05, 0) is 12.5 Å². The van der Waals surface area contributed by atoms with E-state index in [1.165, 1.54) is 6.20 Å². The van der Waals surface area contributed by atoms with Crippen LogP contribution in [-0.2, 0) is 0 Å². The molecule has 0 atom stereocenters. The van der Waals surface area contributed by atoms with Crippen LogP contribution >= 0.6 is 0 Å². The molecule has 0 heterocycles. The summed E-state index contributed by atoms with van der Waals surface area (Å²) in [5.74, 6) is 0. The second-order valence-corrected chi connectivity index (χ2v) is 1.31. The third-order valence-electron chi connectivity index (χ3n) is 0.400. The number of allylic oxidation sites excluding steroid dienone is 1. The van der Waals surface area contributed by atoms with Crippen molar-refractivity contribution < 1.29 is 0 Å². The van der Waals surface area contributed by atoms with Crippen LogP contribution in [0.15, 0.2) is 29.9 Å². The molecule has 0 fully saturated rings. The van der Waals surface area contributed by atoms with Crippen LogP contribution in [0.3, 0.4) is 0 Å². The monoisotopic (exact) mass is 95.1 g/mol. The Kier molecular flexibility index (Phi) is 2.94. The number of hydrogen-bond donors (Lipinski definition) is 0. The molecular weight excluding hydrogens is 86.1 g/mol. The molecule has 1 heteroatoms. The van der Waals surface area contributed by atoms with Gasteiger partial charge in [0.1, 0.15) is 0 Å². The van der Waals surface area contributed by atoms with Crippen LogP contribution in [0.2, 0.25) is 0 Å². The molecule has 0 aliphatic heterocycles. The number of nitrogens with zero attached hydrogens (tertiary/aromatic N) is 1. The fraction of sp³-hybridized carbons (Fsp3) is 0.167. The third-order valence-corrected chi connectivity index (χ3v) is 0.400. The Bertz CT molecular complexity index is 101. The molecule has 0 saturated heterocycles. The largest absolute Gasteiger partial charge is 0.265 e. The number of rotatable bonds is 2. The lowest BCUT2D eigenvalue weighted by Crippen LogP contribution is -1.68. The van der Waals surface area contributed by atoms with Crippen LogP contribution < -0.4 is 0 Å². The molecule has 0 aliphatic carbocycles. The Morgan fingerprint density at radius 1 is 1.71 bits per heavy atom. The van der Waals surface area contributed by atoms with Gasteiger partial charge in [0.25, 0.3) is 0 Å². The third kappa shape index (κ3) is 5.15. The van der Waals surface area contributed by atoms with Crippen molar-refractivity contribution in [2.24, 2.45) is 4.99 Å². The summed E-state index contributed by atoms with van der Waals surface area (Å²) in [6.45, 7) is 8.87. The van der Waals surface area contributed by atoms with Gasteiger partial charge in [0.2, 0.25) is 0 Å². The highest BCUT2D eigenvalue weighted by molar-refractivity contribution is 5.76. The maximum absolute atomic E-state index is 3.71. The summed E-state index contributed by atoms with van der Waals surface area (Å²) in [5, 5.41) is 0. The standard InChI is InChI=1S/C6H9N/c1-4-7-5-6(2)3/h4-5H,1-2H2,3H3. The van der Waals surface area contributed by atoms with E-state index in [1.54, 1.807) is 6.21 Å². The van der Waals surface area contributed by atoms with E-state index >= 15 is 0 Å². The van der Waals surface area contributed by atoms with Gasteiger partial charge in [-0.25, -0.2) is 0 Å². The predicted molar refractivity (Wildman–Crippen MR) is 33.5 cm³/mol. The molecule has 0 aliphatic rings. The van der Waals surface area contributed by atoms with Gasteiger partial charge in [-0.15, -0.1) is 0 Å². The Morgan fingerprint density at radius 2 is 2.29 bits per heavy atom. The molecule has 0 spiro atoms. The van der Waals surface area contributed by atoms with Gasteiger partial charge in [-0.3, -0.25) is 4.99 Å². The van der Waals surface area contributed by atoms with E-state index in [2.05, 4.69) is 18.2 Å². The van der Waals surface area contributed by atoms with Crippen molar-refractivity contribution >= 4 is 6.21 Å². The molecule has 0 rings (SSSR count). The molecule has 0 saturated carbocycles. The van der Waals surface area contributed by atoms with Crippen LogP contribution in [-0.4, -0.2) is 6.21 Å². The summed E-state index contributed by atoms with van der Waals surface area (Å²) in [4.78, 5) is 3.71. The SMILES string of the molecule is C=CN=CC(=C)C. The smallest absolute Gasteiger partial charge is 0.0290 e. The molecule has 38 valence electrons. The molecule has 0 bridgehead atoms. The molecular formula is C6H9N. The van der Waals surface area contributed by atoms with Gasteiger partial charge < -0.3 is 0 Å². The van der Waals surface area contributed by atoms with E-state index in [-0.39, 0.29) is 0 Å². The van der Waals surface area contributed by atoms with E-state index in [4.69, 9.17) is 0 Å². The van der Waals surface area contributed by atoms with Crippen molar-refractivity contribution in [2.75, 3.05) is 0 Å². The molecule has 7 heavy (non-hydrogen) atoms. The average molecular weight is 95.1 g/mol. The molecule has 0 radical (unpaired) electrons. The van der Waals surface area contributed by atoms with Crippen LogP contribution in [0.4, 0.5) is 0 Å². The van der Waals surface area contributed by atoms with Crippen LogP contribution in [0.1, 0.15) is 6.92 Å². The molecule has 1 nitrogen and oxygen atoms in total. The first-order chi connectivity index (χ1) is 3.27. The van der Waals surface area contributed by atoms with Gasteiger partial charge >= 0.3 is 0 Å². The first-order valence-electron chi connectivity index (χ1n) is 2.07. The zero-order valence-electron chi connectivity index (χ0n) is 4.52. The molecule has 0 aromatic heterocycles. The van der Waals surface area contributed by atoms with Gasteiger partial charge in [0.15, 0.2) is 0 Å². The molecule has 0 aromatic carbocycles. The normalized spacial score (nSPS) is 9.29. The average Bonchev–Trinajstić information content (AvgIpc) is 1.61. The molecule has 0 amide bonds. The van der Waals surface area contributed by atoms with E-state index in [0.717, 1.165) is 5.57 Å². The van der Waals surface area contributed by atoms with Crippen LogP contribution in [0, 0.1) is 0 Å². The minimum Gasteiger partial charge on any atom is -0.265 e. The minimum atomic E-state index is 0.944. The number of hydrogen-bond acceptors (Lipinski definition) is 1. The fourth-order valence-electron chi connectivity index (χ4n) is 0.180. The van der Waals surface area contributed by atoms with Gasteiger partial charge in [-0.2, -0.15) is 0 Å². The quantitative estimate of drug-likeness (QED) is 0.463. The Labute approximate surface area is 44.1 Å². The van der Waals surface area contributed by atoms with Crippen molar-refractivity contribution in [1.29, 1.82) is 0 Å². The Morgan fingerprint density at radius 3 is 2.43 bits per heavy atom. The van der Waals surface area contributed by atoms with Gasteiger partial charge in [0, 0.05) is 12.4 Å². The van der Waals surface area contributed by atoms with Gasteiger partial charge in [-0.1, -0.05) is 13.2 Å². The highest BCUT2D eigenvalue weighted by Crippen LogP contribution is 1.77.